The Morgan fingerprint density at radius 2 is 1.62 bits per heavy atom. The molecule has 7 amide bonds. The fourth-order valence-electron chi connectivity index (χ4n) is 8.72. The molecule has 15 N–H and O–H groups in total. The number of rotatable bonds is 27. The second kappa shape index (κ2) is 28.5. The number of anilines is 3. The maximum absolute atomic E-state index is 14.0. The van der Waals surface area contributed by atoms with Crippen molar-refractivity contribution in [3.05, 3.63) is 59.2 Å². The molecule has 2 aliphatic rings. The summed E-state index contributed by atoms with van der Waals surface area (Å²) in [7, 11) is -5.74. The highest BCUT2D eigenvalue weighted by molar-refractivity contribution is 7.47. The van der Waals surface area contributed by atoms with Crippen LogP contribution in [0.4, 0.5) is 31.8 Å². The summed E-state index contributed by atoms with van der Waals surface area (Å²) >= 11 is 0. The number of phosphoric ester groups is 1. The number of primary amides is 1. The van der Waals surface area contributed by atoms with Gasteiger partial charge in [0.1, 0.15) is 55.6 Å². The predicted molar refractivity (Wildman–Crippen MR) is 291 cm³/mol. The quantitative estimate of drug-likeness (QED) is 0.0234. The van der Waals surface area contributed by atoms with Crippen LogP contribution in [0.25, 0.3) is 22.3 Å². The predicted octanol–water partition coefficient (Wildman–Crippen LogP) is -0.456. The monoisotopic (exact) mass is 1220 g/mol. The van der Waals surface area contributed by atoms with Gasteiger partial charge in [0.15, 0.2) is 35.0 Å². The van der Waals surface area contributed by atoms with Crippen LogP contribution in [0, 0.1) is 5.92 Å². The van der Waals surface area contributed by atoms with Crippen molar-refractivity contribution in [3.8, 4) is 0 Å². The van der Waals surface area contributed by atoms with E-state index in [0.29, 0.717) is 24.1 Å². The number of ether oxygens (including phenoxy) is 4. The Morgan fingerprint density at radius 3 is 2.31 bits per heavy atom. The van der Waals surface area contributed by atoms with Crippen LogP contribution < -0.4 is 49.8 Å². The molecule has 0 aliphatic carbocycles. The Balaban J connectivity index is 0.966. The molecule has 0 saturated carbocycles. The molecule has 1 aromatic carbocycles. The van der Waals surface area contributed by atoms with Gasteiger partial charge < -0.3 is 77.8 Å². The molecule has 2 aliphatic heterocycles. The number of likely N-dealkylation sites (N-methyl/N-ethyl adjacent to an activating group) is 2. The molecule has 6 heterocycles. The minimum atomic E-state index is -5.21. The Kier molecular flexibility index (Phi) is 21.5. The molecule has 0 radical (unpaired) electrons. The third-order valence-electron chi connectivity index (χ3n) is 13.1. The zero-order valence-corrected chi connectivity index (χ0v) is 47.5. The van der Waals surface area contributed by atoms with Gasteiger partial charge >= 0.3 is 34.3 Å². The lowest BCUT2D eigenvalue weighted by atomic mass is 10.0. The largest absolute Gasteiger partial charge is 0.694 e. The van der Waals surface area contributed by atoms with Crippen LogP contribution >= 0.6 is 16.1 Å². The number of imidazole rings is 2. The molecule has 84 heavy (non-hydrogen) atoms. The maximum atomic E-state index is 14.0. The summed E-state index contributed by atoms with van der Waals surface area (Å²) in [6.45, 7) is 1.39. The minimum Gasteiger partial charge on any atom is -0.445 e. The Labute approximate surface area is 477 Å². The normalized spacial score (nSPS) is 20.2. The number of benzene rings is 1. The number of carbonyl (C=O) groups is 6. The number of nitrogens with zero attached hydrogens (tertiary/aromatic N) is 9. The van der Waals surface area contributed by atoms with Gasteiger partial charge in [-0.25, -0.2) is 38.9 Å². The standard InChI is InChI=1S/C46H64N18O18P2/c1-23(2)31(58-29(65)16-47)40(67)57-27(6-5-13-51-44(50)69)39(66)56-25-9-7-24(8-10-25)17-76-45(70)61(3)14-15-62(4)46(71)81-35-34(28(19-77-83(72)73)80-42(35)64-22-54-32-36(48)52-20-53-37(32)64)82-84(74,75)78-18-26-11-12-30(79-26)63-21-55-33-38(63)59-43(49)60-41(33)68/h7-10,20-23,26-28,30-31,34-35,42H,5-6,11-19,47H2,1-4H3,(H12-,48,49,50,51,52,53,56,57,58,59,60,65,66,67,68,69,72,73,74,75)/p+1/t26-,27-,28+,30+,31?,34+,35+,42+/m0/s1. The molecule has 4 aromatic heterocycles. The number of nitrogens with two attached hydrogens (primary N) is 4. The third kappa shape index (κ3) is 16.6. The molecule has 5 aromatic rings. The van der Waals surface area contributed by atoms with Crippen LogP contribution in [-0.2, 0) is 62.6 Å². The van der Waals surface area contributed by atoms with Gasteiger partial charge in [-0.1, -0.05) is 26.0 Å². The van der Waals surface area contributed by atoms with Gasteiger partial charge in [-0.05, 0) is 49.3 Å². The van der Waals surface area contributed by atoms with E-state index in [2.05, 4.69) is 51.2 Å². The summed E-state index contributed by atoms with van der Waals surface area (Å²) in [6, 6.07) is 3.37. The molecule has 2 fully saturated rings. The number of urea groups is 1. The maximum Gasteiger partial charge on any atom is 0.694 e. The van der Waals surface area contributed by atoms with Crippen molar-refractivity contribution < 1.29 is 80.2 Å². The number of amides is 7. The number of H-pyrrole nitrogens is 1. The number of phosphoric acid groups is 1. The van der Waals surface area contributed by atoms with Crippen molar-refractivity contribution in [1.29, 1.82) is 0 Å². The van der Waals surface area contributed by atoms with Crippen molar-refractivity contribution in [3.63, 3.8) is 0 Å². The average Bonchev–Trinajstić information content (AvgIpc) is 3.63. The average molecular weight is 1220 g/mol. The summed E-state index contributed by atoms with van der Waals surface area (Å²) in [5.74, 6) is -2.33. The van der Waals surface area contributed by atoms with E-state index in [-0.39, 0.29) is 85.6 Å². The second-order valence-electron chi connectivity index (χ2n) is 19.5. The number of nitrogens with one attached hydrogen (secondary N) is 5. The number of aromatic nitrogens is 8. The fourth-order valence-corrected chi connectivity index (χ4v) is 9.97. The van der Waals surface area contributed by atoms with Crippen molar-refractivity contribution >= 4 is 91.8 Å². The first-order valence-electron chi connectivity index (χ1n) is 25.8. The summed E-state index contributed by atoms with van der Waals surface area (Å²) in [5, 5.41) is 10.4. The number of hydrogen-bond donors (Lipinski definition) is 11. The van der Waals surface area contributed by atoms with E-state index < -0.39 is 120 Å². The van der Waals surface area contributed by atoms with Crippen LogP contribution in [0.5, 0.6) is 0 Å². The molecular weight excluding hydrogens is 1150 g/mol. The van der Waals surface area contributed by atoms with E-state index >= 15 is 0 Å². The van der Waals surface area contributed by atoms with E-state index in [9.17, 15) is 52.5 Å². The molecule has 38 heteroatoms. The van der Waals surface area contributed by atoms with E-state index in [0.717, 1.165) is 16.1 Å². The molecule has 0 spiro atoms. The van der Waals surface area contributed by atoms with Gasteiger partial charge in [0.05, 0.1) is 31.9 Å². The summed E-state index contributed by atoms with van der Waals surface area (Å²) < 4.78 is 68.1. The second-order valence-corrected chi connectivity index (χ2v) is 21.6. The van der Waals surface area contributed by atoms with Crippen LogP contribution in [0.3, 0.4) is 0 Å². The van der Waals surface area contributed by atoms with Crippen LogP contribution in [0.1, 0.15) is 57.6 Å². The first-order chi connectivity index (χ1) is 39.9. The SMILES string of the molecule is CC(C)C(NC(=O)CN)C(=O)N[C@@H](CCCNC(N)=O)C(=O)Nc1ccc(COC(=O)N(C)CCN(C)C(=O)O[C@@H]2[C@H](OP(=O)(O)OC[C@@H]3CC[C@H](n4cnc5c(=O)[nH]c(N)nc54)O3)[C@@H](CO[P+](=O)O)O[C@H]2n2cnc3c(N)ncnc32)cc1. The van der Waals surface area contributed by atoms with Crippen LogP contribution in [0.15, 0.2) is 48.0 Å². The molecule has 3 unspecified atom stereocenters. The Hall–Kier alpha value is -8.05. The van der Waals surface area contributed by atoms with Gasteiger partial charge in [0.25, 0.3) is 5.56 Å². The first kappa shape index (κ1) is 63.5. The number of aromatic amines is 1. The molecule has 7 rings (SSSR count). The lowest BCUT2D eigenvalue weighted by molar-refractivity contribution is -0.131. The molecule has 2 saturated heterocycles. The summed E-state index contributed by atoms with van der Waals surface area (Å²) in [4.78, 5) is 136. The zero-order chi connectivity index (χ0) is 61.0. The van der Waals surface area contributed by atoms with Crippen molar-refractivity contribution in [2.75, 3.05) is 70.3 Å². The van der Waals surface area contributed by atoms with Gasteiger partial charge in [-0.15, -0.1) is 9.42 Å². The zero-order valence-electron chi connectivity index (χ0n) is 45.7. The molecular formula is C46H65N18O18P2+. The molecule has 36 nitrogen and oxygen atoms in total. The van der Waals surface area contributed by atoms with Crippen LogP contribution in [-0.4, -0.2) is 185 Å². The van der Waals surface area contributed by atoms with Gasteiger partial charge in [-0.3, -0.25) is 42.3 Å². The lowest BCUT2D eigenvalue weighted by Crippen LogP contribution is -2.55. The third-order valence-corrected chi connectivity index (χ3v) is 14.4. The topological polar surface area (TPSA) is 507 Å². The highest BCUT2D eigenvalue weighted by atomic mass is 31.2. The number of hydrogen-bond acceptors (Lipinski definition) is 24. The number of nitrogen functional groups attached to an aromatic ring is 2. The van der Waals surface area contributed by atoms with E-state index in [1.807, 2.05) is 0 Å². The molecule has 10 atom stereocenters. The Morgan fingerprint density at radius 1 is 0.917 bits per heavy atom. The molecule has 0 bridgehead atoms. The number of carbonyl (C=O) groups excluding carboxylic acids is 6. The van der Waals surface area contributed by atoms with Crippen LogP contribution in [0.2, 0.25) is 0 Å². The fraction of sp³-hybridized carbons (Fsp3) is 0.522. The van der Waals surface area contributed by atoms with Gasteiger partial charge in [-0.2, -0.15) is 4.98 Å². The van der Waals surface area contributed by atoms with E-state index in [4.69, 9.17) is 55.5 Å². The number of fused-ring (bicyclic) bond motifs is 2. The first-order valence-corrected chi connectivity index (χ1v) is 28.5. The molecule has 456 valence electrons. The van der Waals surface area contributed by atoms with Gasteiger partial charge in [0.2, 0.25) is 23.7 Å². The Bertz CT molecular complexity index is 3300. The van der Waals surface area contributed by atoms with E-state index in [1.54, 1.807) is 26.0 Å². The smallest absolute Gasteiger partial charge is 0.445 e. The van der Waals surface area contributed by atoms with Crippen molar-refractivity contribution in [2.24, 2.45) is 17.4 Å². The van der Waals surface area contributed by atoms with Crippen molar-refractivity contribution in [1.82, 2.24) is 64.8 Å². The van der Waals surface area contributed by atoms with Gasteiger partial charge in [0, 0.05) is 44.0 Å². The lowest BCUT2D eigenvalue weighted by Gasteiger charge is -2.28. The van der Waals surface area contributed by atoms with E-state index in [1.165, 1.54) is 48.0 Å². The summed E-state index contributed by atoms with van der Waals surface area (Å²) in [5.41, 5.74) is 23.0. The highest BCUT2D eigenvalue weighted by Crippen LogP contribution is 2.50. The minimum absolute atomic E-state index is 0.0138. The van der Waals surface area contributed by atoms with Crippen molar-refractivity contribution in [2.45, 2.75) is 95.1 Å². The highest BCUT2D eigenvalue weighted by Gasteiger charge is 2.54. The summed E-state index contributed by atoms with van der Waals surface area (Å²) in [6.07, 6.45) is -5.24.